The summed E-state index contributed by atoms with van der Waals surface area (Å²) in [5.41, 5.74) is 1.10. The van der Waals surface area contributed by atoms with Crippen LogP contribution in [0.3, 0.4) is 0 Å². The number of hydrogen-bond donors (Lipinski definition) is 5. The van der Waals surface area contributed by atoms with Crippen molar-refractivity contribution in [1.82, 2.24) is 0 Å². The molecule has 0 aliphatic rings. The van der Waals surface area contributed by atoms with Gasteiger partial charge in [0.15, 0.2) is 28.7 Å². The second kappa shape index (κ2) is 4.81. The lowest BCUT2D eigenvalue weighted by Gasteiger charge is -2.02. The Labute approximate surface area is 108 Å². The third kappa shape index (κ3) is 2.71. The SMILES string of the molecule is Oc1ccc(/C=C\c2cc(O)c(O)c(O)c2)cc1O. The lowest BCUT2D eigenvalue weighted by atomic mass is 10.1. The normalized spacial score (nSPS) is 10.9. The summed E-state index contributed by atoms with van der Waals surface area (Å²) in [6.07, 6.45) is 3.19. The molecule has 0 heterocycles. The van der Waals surface area contributed by atoms with Gasteiger partial charge in [-0.05, 0) is 35.4 Å². The molecule has 2 aromatic carbocycles. The smallest absolute Gasteiger partial charge is 0.200 e. The summed E-state index contributed by atoms with van der Waals surface area (Å²) in [5, 5.41) is 46.4. The highest BCUT2D eigenvalue weighted by Gasteiger charge is 2.06. The van der Waals surface area contributed by atoms with Crippen LogP contribution in [0.4, 0.5) is 0 Å². The van der Waals surface area contributed by atoms with E-state index in [1.54, 1.807) is 18.2 Å². The van der Waals surface area contributed by atoms with Gasteiger partial charge in [0.25, 0.3) is 0 Å². The molecule has 5 heteroatoms. The van der Waals surface area contributed by atoms with Crippen molar-refractivity contribution in [3.8, 4) is 28.7 Å². The molecule has 0 saturated heterocycles. The van der Waals surface area contributed by atoms with Crippen molar-refractivity contribution in [2.24, 2.45) is 0 Å². The zero-order valence-corrected chi connectivity index (χ0v) is 9.78. The van der Waals surface area contributed by atoms with Crippen LogP contribution < -0.4 is 0 Å². The average molecular weight is 260 g/mol. The maximum Gasteiger partial charge on any atom is 0.200 e. The Kier molecular flexibility index (Phi) is 3.20. The fraction of sp³-hybridized carbons (Fsp3) is 0. The van der Waals surface area contributed by atoms with Gasteiger partial charge < -0.3 is 25.5 Å². The minimum Gasteiger partial charge on any atom is -0.504 e. The molecular weight excluding hydrogens is 248 g/mol. The van der Waals surface area contributed by atoms with E-state index in [0.29, 0.717) is 11.1 Å². The van der Waals surface area contributed by atoms with Gasteiger partial charge in [0.2, 0.25) is 0 Å². The predicted octanol–water partition coefficient (Wildman–Crippen LogP) is 2.39. The Morgan fingerprint density at radius 1 is 0.579 bits per heavy atom. The van der Waals surface area contributed by atoms with Crippen LogP contribution in [0.5, 0.6) is 28.7 Å². The van der Waals surface area contributed by atoms with Gasteiger partial charge in [-0.2, -0.15) is 0 Å². The van der Waals surface area contributed by atoms with Crippen LogP contribution >= 0.6 is 0 Å². The molecular formula is C14H12O5. The van der Waals surface area contributed by atoms with Crippen LogP contribution in [0, 0.1) is 0 Å². The van der Waals surface area contributed by atoms with Crippen LogP contribution in [0.1, 0.15) is 11.1 Å². The van der Waals surface area contributed by atoms with Gasteiger partial charge >= 0.3 is 0 Å². The van der Waals surface area contributed by atoms with Crippen LogP contribution in [-0.2, 0) is 0 Å². The second-order valence-electron chi connectivity index (χ2n) is 3.99. The summed E-state index contributed by atoms with van der Waals surface area (Å²) in [6.45, 7) is 0. The van der Waals surface area contributed by atoms with Crippen molar-refractivity contribution < 1.29 is 25.5 Å². The van der Waals surface area contributed by atoms with Gasteiger partial charge in [0.1, 0.15) is 0 Å². The van der Waals surface area contributed by atoms with Crippen molar-refractivity contribution in [2.45, 2.75) is 0 Å². The lowest BCUT2D eigenvalue weighted by molar-refractivity contribution is 0.368. The van der Waals surface area contributed by atoms with Crippen molar-refractivity contribution in [3.63, 3.8) is 0 Å². The van der Waals surface area contributed by atoms with Crippen molar-refractivity contribution in [1.29, 1.82) is 0 Å². The predicted molar refractivity (Wildman–Crippen MR) is 70.1 cm³/mol. The standard InChI is InChI=1S/C14H12O5/c15-10-4-3-8(5-11(10)16)1-2-9-6-12(17)14(19)13(18)7-9/h1-7,15-19H/b2-1-. The molecule has 98 valence electrons. The molecule has 0 unspecified atom stereocenters. The van der Waals surface area contributed by atoms with E-state index in [1.807, 2.05) is 0 Å². The molecule has 0 fully saturated rings. The van der Waals surface area contributed by atoms with Crippen molar-refractivity contribution in [2.75, 3.05) is 0 Å². The molecule has 0 atom stereocenters. The maximum absolute atomic E-state index is 9.34. The van der Waals surface area contributed by atoms with E-state index < -0.39 is 17.2 Å². The molecule has 0 aliphatic heterocycles. The molecule has 0 bridgehead atoms. The first-order chi connectivity index (χ1) is 8.97. The Bertz CT molecular complexity index is 623. The van der Waals surface area contributed by atoms with E-state index in [2.05, 4.69) is 0 Å². The minimum atomic E-state index is -0.570. The highest BCUT2D eigenvalue weighted by atomic mass is 16.3. The molecule has 2 aromatic rings. The zero-order chi connectivity index (χ0) is 14.0. The average Bonchev–Trinajstić information content (AvgIpc) is 2.37. The monoisotopic (exact) mass is 260 g/mol. The van der Waals surface area contributed by atoms with Gasteiger partial charge in [-0.15, -0.1) is 0 Å². The summed E-state index contributed by atoms with van der Waals surface area (Å²) in [5.74, 6) is -1.86. The van der Waals surface area contributed by atoms with Gasteiger partial charge in [-0.25, -0.2) is 0 Å². The summed E-state index contributed by atoms with van der Waals surface area (Å²) in [7, 11) is 0. The molecule has 19 heavy (non-hydrogen) atoms. The second-order valence-corrected chi connectivity index (χ2v) is 3.99. The van der Waals surface area contributed by atoms with Crippen LogP contribution in [0.15, 0.2) is 30.3 Å². The molecule has 5 nitrogen and oxygen atoms in total. The zero-order valence-electron chi connectivity index (χ0n) is 9.78. The summed E-state index contributed by atoms with van der Waals surface area (Å²) >= 11 is 0. The highest BCUT2D eigenvalue weighted by Crippen LogP contribution is 2.36. The van der Waals surface area contributed by atoms with E-state index in [9.17, 15) is 20.4 Å². The molecule has 0 spiro atoms. The van der Waals surface area contributed by atoms with E-state index in [4.69, 9.17) is 5.11 Å². The Hall–Kier alpha value is -2.82. The number of hydrogen-bond acceptors (Lipinski definition) is 5. The third-order valence-electron chi connectivity index (χ3n) is 2.56. The largest absolute Gasteiger partial charge is 0.504 e. The Balaban J connectivity index is 2.30. The molecule has 0 saturated carbocycles. The summed E-state index contributed by atoms with van der Waals surface area (Å²) in [4.78, 5) is 0. The molecule has 0 radical (unpaired) electrons. The number of phenols is 5. The topological polar surface area (TPSA) is 101 Å². The fourth-order valence-electron chi connectivity index (χ4n) is 1.56. The van der Waals surface area contributed by atoms with E-state index in [1.165, 1.54) is 24.3 Å². The first-order valence-corrected chi connectivity index (χ1v) is 5.42. The van der Waals surface area contributed by atoms with Gasteiger partial charge in [0.05, 0.1) is 0 Å². The van der Waals surface area contributed by atoms with Crippen LogP contribution in [0.25, 0.3) is 12.2 Å². The number of phenolic OH excluding ortho intramolecular Hbond substituents is 5. The minimum absolute atomic E-state index is 0.211. The van der Waals surface area contributed by atoms with Crippen molar-refractivity contribution in [3.05, 3.63) is 41.5 Å². The Morgan fingerprint density at radius 3 is 1.68 bits per heavy atom. The first kappa shape index (κ1) is 12.6. The molecule has 5 N–H and O–H groups in total. The molecule has 2 rings (SSSR count). The van der Waals surface area contributed by atoms with Crippen LogP contribution in [0.2, 0.25) is 0 Å². The van der Waals surface area contributed by atoms with E-state index in [-0.39, 0.29) is 11.5 Å². The quantitative estimate of drug-likeness (QED) is 0.421. The molecule has 0 aromatic heterocycles. The third-order valence-corrected chi connectivity index (χ3v) is 2.56. The van der Waals surface area contributed by atoms with Gasteiger partial charge in [-0.1, -0.05) is 18.2 Å². The van der Waals surface area contributed by atoms with Gasteiger partial charge in [-0.3, -0.25) is 0 Å². The van der Waals surface area contributed by atoms with Crippen molar-refractivity contribution >= 4 is 12.2 Å². The fourth-order valence-corrected chi connectivity index (χ4v) is 1.56. The summed E-state index contributed by atoms with van der Waals surface area (Å²) < 4.78 is 0. The van der Waals surface area contributed by atoms with Crippen LogP contribution in [-0.4, -0.2) is 25.5 Å². The number of aromatic hydroxyl groups is 5. The van der Waals surface area contributed by atoms with E-state index >= 15 is 0 Å². The summed E-state index contributed by atoms with van der Waals surface area (Å²) in [6, 6.07) is 6.87. The highest BCUT2D eigenvalue weighted by molar-refractivity contribution is 5.73. The molecule has 0 amide bonds. The van der Waals surface area contributed by atoms with E-state index in [0.717, 1.165) is 0 Å². The number of rotatable bonds is 2. The Morgan fingerprint density at radius 2 is 1.11 bits per heavy atom. The van der Waals surface area contributed by atoms with Gasteiger partial charge in [0, 0.05) is 0 Å². The maximum atomic E-state index is 9.34. The first-order valence-electron chi connectivity index (χ1n) is 5.42. The number of benzene rings is 2. The molecule has 0 aliphatic carbocycles. The lowest BCUT2D eigenvalue weighted by Crippen LogP contribution is -1.77.